The van der Waals surface area contributed by atoms with Crippen LogP contribution in [0.15, 0.2) is 48.8 Å². The zero-order valence-electron chi connectivity index (χ0n) is 10.2. The monoisotopic (exact) mass is 244 g/mol. The Labute approximate surface area is 106 Å². The van der Waals surface area contributed by atoms with E-state index in [2.05, 4.69) is 10.3 Å². The molecule has 0 fully saturated rings. The Kier molecular flexibility index (Phi) is 4.15. The van der Waals surface area contributed by atoms with E-state index in [0.29, 0.717) is 12.1 Å². The fourth-order valence-electron chi connectivity index (χ4n) is 1.76. The maximum Gasteiger partial charge on any atom is 0.252 e. The van der Waals surface area contributed by atoms with Gasteiger partial charge in [0.25, 0.3) is 5.91 Å². The van der Waals surface area contributed by atoms with Gasteiger partial charge in [0.1, 0.15) is 0 Å². The Morgan fingerprint density at radius 1 is 1.33 bits per heavy atom. The van der Waals surface area contributed by atoms with Crippen molar-refractivity contribution in [2.24, 2.45) is 0 Å². The molecule has 1 aromatic heterocycles. The van der Waals surface area contributed by atoms with Crippen LogP contribution in [0.4, 0.5) is 0 Å². The van der Waals surface area contributed by atoms with Crippen LogP contribution in [0.5, 0.6) is 0 Å². The number of carbonyl (C=O) groups is 1. The first kappa shape index (κ1) is 12.4. The largest absolute Gasteiger partial charge is 0.375 e. The fraction of sp³-hybridized carbons (Fsp3) is 0.214. The van der Waals surface area contributed by atoms with Crippen LogP contribution in [0, 0.1) is 0 Å². The molecule has 94 valence electrons. The summed E-state index contributed by atoms with van der Waals surface area (Å²) < 4.78 is 5.38. The molecule has 0 aliphatic carbocycles. The summed E-state index contributed by atoms with van der Waals surface area (Å²) in [6, 6.07) is 11.6. The molecule has 1 atom stereocenters. The lowest BCUT2D eigenvalue weighted by Crippen LogP contribution is -2.28. The average Bonchev–Trinajstić information content (AvgIpc) is 2.94. The van der Waals surface area contributed by atoms with Gasteiger partial charge in [-0.05, 0) is 11.6 Å². The number of methoxy groups -OCH3 is 1. The second kappa shape index (κ2) is 6.02. The molecule has 1 heterocycles. The van der Waals surface area contributed by atoms with E-state index in [1.54, 1.807) is 25.6 Å². The number of carbonyl (C=O) groups excluding carboxylic acids is 1. The van der Waals surface area contributed by atoms with Crippen LogP contribution in [0.1, 0.15) is 22.0 Å². The van der Waals surface area contributed by atoms with Crippen molar-refractivity contribution in [2.45, 2.75) is 6.10 Å². The summed E-state index contributed by atoms with van der Waals surface area (Å²) in [6.07, 6.45) is 3.26. The van der Waals surface area contributed by atoms with Crippen LogP contribution in [0.2, 0.25) is 0 Å². The highest BCUT2D eigenvalue weighted by atomic mass is 16.5. The molecule has 1 unspecified atom stereocenters. The molecule has 18 heavy (non-hydrogen) atoms. The first-order chi connectivity index (χ1) is 8.81. The van der Waals surface area contributed by atoms with Crippen molar-refractivity contribution in [1.29, 1.82) is 0 Å². The van der Waals surface area contributed by atoms with Crippen LogP contribution in [-0.4, -0.2) is 24.5 Å². The number of nitrogens with one attached hydrogen (secondary N) is 2. The average molecular weight is 244 g/mol. The summed E-state index contributed by atoms with van der Waals surface area (Å²) in [6.45, 7) is 0.449. The van der Waals surface area contributed by atoms with Crippen molar-refractivity contribution in [3.63, 3.8) is 0 Å². The number of hydrogen-bond acceptors (Lipinski definition) is 2. The maximum absolute atomic E-state index is 11.8. The van der Waals surface area contributed by atoms with E-state index in [0.717, 1.165) is 5.56 Å². The predicted molar refractivity (Wildman–Crippen MR) is 69.3 cm³/mol. The van der Waals surface area contributed by atoms with Gasteiger partial charge in [-0.1, -0.05) is 30.3 Å². The number of aromatic nitrogens is 1. The first-order valence-corrected chi connectivity index (χ1v) is 5.80. The van der Waals surface area contributed by atoms with Crippen LogP contribution in [0.25, 0.3) is 0 Å². The standard InChI is InChI=1S/C14H16N2O2/c1-18-13(11-5-3-2-4-6-11)10-16-14(17)12-7-8-15-9-12/h2-9,13,15H,10H2,1H3,(H,16,17). The van der Waals surface area contributed by atoms with Crippen molar-refractivity contribution in [1.82, 2.24) is 10.3 Å². The topological polar surface area (TPSA) is 54.1 Å². The summed E-state index contributed by atoms with van der Waals surface area (Å²) in [5, 5.41) is 2.85. The molecule has 0 aliphatic heterocycles. The molecule has 0 saturated carbocycles. The second-order valence-electron chi connectivity index (χ2n) is 3.94. The molecule has 0 bridgehead atoms. The molecule has 0 saturated heterocycles. The normalized spacial score (nSPS) is 12.1. The molecular weight excluding hydrogens is 228 g/mol. The van der Waals surface area contributed by atoms with Gasteiger partial charge in [0, 0.05) is 26.0 Å². The van der Waals surface area contributed by atoms with Gasteiger partial charge in [-0.2, -0.15) is 0 Å². The van der Waals surface area contributed by atoms with Crippen LogP contribution < -0.4 is 5.32 Å². The molecule has 2 aromatic rings. The van der Waals surface area contributed by atoms with Gasteiger partial charge < -0.3 is 15.0 Å². The second-order valence-corrected chi connectivity index (χ2v) is 3.94. The molecule has 4 nitrogen and oxygen atoms in total. The minimum atomic E-state index is -0.130. The minimum Gasteiger partial charge on any atom is -0.375 e. The van der Waals surface area contributed by atoms with Gasteiger partial charge >= 0.3 is 0 Å². The van der Waals surface area contributed by atoms with E-state index in [-0.39, 0.29) is 12.0 Å². The predicted octanol–water partition coefficient (Wildman–Crippen LogP) is 2.13. The lowest BCUT2D eigenvalue weighted by molar-refractivity contribution is 0.0828. The molecular formula is C14H16N2O2. The fourth-order valence-corrected chi connectivity index (χ4v) is 1.76. The summed E-state index contributed by atoms with van der Waals surface area (Å²) >= 11 is 0. The third-order valence-electron chi connectivity index (χ3n) is 2.76. The number of amides is 1. The third kappa shape index (κ3) is 2.99. The Morgan fingerprint density at radius 2 is 2.11 bits per heavy atom. The summed E-state index contributed by atoms with van der Waals surface area (Å²) in [7, 11) is 1.64. The van der Waals surface area contributed by atoms with Crippen molar-refractivity contribution in [2.75, 3.05) is 13.7 Å². The summed E-state index contributed by atoms with van der Waals surface area (Å²) in [5.74, 6) is -0.103. The number of benzene rings is 1. The maximum atomic E-state index is 11.8. The number of aromatic amines is 1. The number of hydrogen-bond donors (Lipinski definition) is 2. The molecule has 1 amide bonds. The molecule has 2 rings (SSSR count). The Hall–Kier alpha value is -2.07. The minimum absolute atomic E-state index is 0.103. The van der Waals surface area contributed by atoms with Gasteiger partial charge in [0.05, 0.1) is 11.7 Å². The van der Waals surface area contributed by atoms with Crippen molar-refractivity contribution >= 4 is 5.91 Å². The third-order valence-corrected chi connectivity index (χ3v) is 2.76. The van der Waals surface area contributed by atoms with Gasteiger partial charge in [0.15, 0.2) is 0 Å². The van der Waals surface area contributed by atoms with Crippen LogP contribution in [-0.2, 0) is 4.74 Å². The van der Waals surface area contributed by atoms with Gasteiger partial charge in [0.2, 0.25) is 0 Å². The molecule has 1 aromatic carbocycles. The van der Waals surface area contributed by atoms with E-state index >= 15 is 0 Å². The van der Waals surface area contributed by atoms with E-state index in [1.165, 1.54) is 0 Å². The Bertz CT molecular complexity index is 480. The van der Waals surface area contributed by atoms with Crippen LogP contribution >= 0.6 is 0 Å². The highest BCUT2D eigenvalue weighted by Crippen LogP contribution is 2.14. The van der Waals surface area contributed by atoms with Gasteiger partial charge in [-0.25, -0.2) is 0 Å². The number of rotatable bonds is 5. The van der Waals surface area contributed by atoms with E-state index in [9.17, 15) is 4.79 Å². The van der Waals surface area contributed by atoms with Gasteiger partial charge in [-0.3, -0.25) is 4.79 Å². The Morgan fingerprint density at radius 3 is 2.72 bits per heavy atom. The van der Waals surface area contributed by atoms with Crippen molar-refractivity contribution in [3.8, 4) is 0 Å². The van der Waals surface area contributed by atoms with Crippen molar-refractivity contribution in [3.05, 3.63) is 59.9 Å². The molecule has 0 radical (unpaired) electrons. The quantitative estimate of drug-likeness (QED) is 0.846. The van der Waals surface area contributed by atoms with E-state index in [4.69, 9.17) is 4.74 Å². The summed E-state index contributed by atoms with van der Waals surface area (Å²) in [4.78, 5) is 14.6. The zero-order chi connectivity index (χ0) is 12.8. The molecule has 4 heteroatoms. The lowest BCUT2D eigenvalue weighted by atomic mass is 10.1. The zero-order valence-corrected chi connectivity index (χ0v) is 10.2. The van der Waals surface area contributed by atoms with Gasteiger partial charge in [-0.15, -0.1) is 0 Å². The summed E-state index contributed by atoms with van der Waals surface area (Å²) in [5.41, 5.74) is 1.67. The van der Waals surface area contributed by atoms with Crippen molar-refractivity contribution < 1.29 is 9.53 Å². The SMILES string of the molecule is COC(CNC(=O)c1cc[nH]c1)c1ccccc1. The molecule has 0 spiro atoms. The first-order valence-electron chi connectivity index (χ1n) is 5.80. The molecule has 2 N–H and O–H groups in total. The number of ether oxygens (including phenoxy) is 1. The van der Waals surface area contributed by atoms with E-state index in [1.807, 2.05) is 30.3 Å². The van der Waals surface area contributed by atoms with E-state index < -0.39 is 0 Å². The highest BCUT2D eigenvalue weighted by Gasteiger charge is 2.12. The lowest BCUT2D eigenvalue weighted by Gasteiger charge is -2.16. The highest BCUT2D eigenvalue weighted by molar-refractivity contribution is 5.93. The molecule has 0 aliphatic rings. The van der Waals surface area contributed by atoms with Crippen LogP contribution in [0.3, 0.4) is 0 Å². The smallest absolute Gasteiger partial charge is 0.252 e. The Balaban J connectivity index is 1.94. The number of H-pyrrole nitrogens is 1.